The summed E-state index contributed by atoms with van der Waals surface area (Å²) in [5.74, 6) is -1.42. The van der Waals surface area contributed by atoms with E-state index in [1.54, 1.807) is 11.8 Å². The van der Waals surface area contributed by atoms with Crippen molar-refractivity contribution in [2.75, 3.05) is 30.8 Å². The highest BCUT2D eigenvalue weighted by Gasteiger charge is 2.28. The number of nitrogens with two attached hydrogens (primary N) is 1. The van der Waals surface area contributed by atoms with Crippen LogP contribution in [0.3, 0.4) is 0 Å². The number of nitrogens with zero attached hydrogens (tertiary/aromatic N) is 3. The fraction of sp³-hybridized carbons (Fsp3) is 0.421. The number of anilines is 2. The molecule has 0 aromatic carbocycles. The molecule has 2 aromatic rings. The number of primary amides is 1. The van der Waals surface area contributed by atoms with Crippen LogP contribution in [0.25, 0.3) is 0 Å². The summed E-state index contributed by atoms with van der Waals surface area (Å²) in [5, 5.41) is 10.4. The molecular formula is C19H26N6O4S2. The number of ether oxygens (including phenoxy) is 1. The van der Waals surface area contributed by atoms with Crippen LogP contribution in [-0.2, 0) is 11.3 Å². The number of rotatable bonds is 8. The van der Waals surface area contributed by atoms with Crippen molar-refractivity contribution in [2.45, 2.75) is 34.2 Å². The van der Waals surface area contributed by atoms with Gasteiger partial charge in [-0.15, -0.1) is 11.3 Å². The summed E-state index contributed by atoms with van der Waals surface area (Å²) in [4.78, 5) is 39.2. The van der Waals surface area contributed by atoms with E-state index in [0.717, 1.165) is 11.3 Å². The Kier molecular flexibility index (Phi) is 8.11. The van der Waals surface area contributed by atoms with Crippen LogP contribution in [-0.4, -0.2) is 57.8 Å². The zero-order chi connectivity index (χ0) is 23.3. The van der Waals surface area contributed by atoms with Crippen LogP contribution < -0.4 is 16.4 Å². The number of thiocarbonyl (C=S) groups is 1. The van der Waals surface area contributed by atoms with Crippen LogP contribution in [0, 0.1) is 6.92 Å². The highest BCUT2D eigenvalue weighted by molar-refractivity contribution is 7.80. The smallest absolute Gasteiger partial charge is 0.341 e. The molecule has 12 heteroatoms. The third-order valence-corrected chi connectivity index (χ3v) is 6.03. The van der Waals surface area contributed by atoms with Gasteiger partial charge in [0.1, 0.15) is 10.7 Å². The Labute approximate surface area is 189 Å². The number of esters is 1. The van der Waals surface area contributed by atoms with Gasteiger partial charge in [0.2, 0.25) is 0 Å². The Morgan fingerprint density at radius 2 is 1.90 bits per heavy atom. The summed E-state index contributed by atoms with van der Waals surface area (Å²) in [6, 6.07) is 0. The lowest BCUT2D eigenvalue weighted by Gasteiger charge is -2.17. The molecule has 0 atom stereocenters. The number of methoxy groups -OCH3 is 1. The van der Waals surface area contributed by atoms with Crippen molar-refractivity contribution >= 4 is 57.1 Å². The topological polar surface area (TPSA) is 132 Å². The summed E-state index contributed by atoms with van der Waals surface area (Å²) in [6.07, 6.45) is 1.44. The molecular weight excluding hydrogens is 440 g/mol. The zero-order valence-corrected chi connectivity index (χ0v) is 19.7. The molecule has 2 rings (SSSR count). The van der Waals surface area contributed by atoms with Gasteiger partial charge in [-0.05, 0) is 45.5 Å². The van der Waals surface area contributed by atoms with Crippen molar-refractivity contribution in [3.8, 4) is 0 Å². The molecule has 2 aromatic heterocycles. The number of carbonyl (C=O) groups excluding carboxylic acids is 3. The van der Waals surface area contributed by atoms with Gasteiger partial charge in [-0.3, -0.25) is 14.3 Å². The Bertz CT molecular complexity index is 1010. The van der Waals surface area contributed by atoms with Gasteiger partial charge in [0.15, 0.2) is 5.11 Å². The average molecular weight is 467 g/mol. The molecule has 2 amide bonds. The van der Waals surface area contributed by atoms with Crippen LogP contribution in [0.2, 0.25) is 0 Å². The molecule has 0 bridgehead atoms. The molecule has 0 radical (unpaired) electrons. The second-order valence-electron chi connectivity index (χ2n) is 6.40. The third kappa shape index (κ3) is 5.02. The van der Waals surface area contributed by atoms with E-state index < -0.39 is 11.9 Å². The van der Waals surface area contributed by atoms with Gasteiger partial charge < -0.3 is 26.0 Å². The molecule has 2 heterocycles. The lowest BCUT2D eigenvalue weighted by atomic mass is 10.1. The van der Waals surface area contributed by atoms with Crippen molar-refractivity contribution in [3.05, 3.63) is 27.9 Å². The minimum Gasteiger partial charge on any atom is -0.465 e. The Morgan fingerprint density at radius 3 is 2.42 bits per heavy atom. The number of thiophene rings is 1. The van der Waals surface area contributed by atoms with E-state index in [9.17, 15) is 14.4 Å². The summed E-state index contributed by atoms with van der Waals surface area (Å²) in [7, 11) is 1.27. The molecule has 168 valence electrons. The molecule has 10 nitrogen and oxygen atoms in total. The maximum absolute atomic E-state index is 12.9. The molecule has 0 unspecified atom stereocenters. The average Bonchev–Trinajstić information content (AvgIpc) is 3.28. The van der Waals surface area contributed by atoms with Crippen molar-refractivity contribution < 1.29 is 19.1 Å². The molecule has 4 N–H and O–H groups in total. The van der Waals surface area contributed by atoms with Crippen LogP contribution >= 0.6 is 23.6 Å². The fourth-order valence-corrected chi connectivity index (χ4v) is 4.48. The minimum atomic E-state index is -0.654. The van der Waals surface area contributed by atoms with E-state index in [2.05, 4.69) is 15.7 Å². The molecule has 31 heavy (non-hydrogen) atoms. The van der Waals surface area contributed by atoms with Crippen LogP contribution in [0.15, 0.2) is 6.20 Å². The highest BCUT2D eigenvalue weighted by Crippen LogP contribution is 2.34. The Hall–Kier alpha value is -2.99. The zero-order valence-electron chi connectivity index (χ0n) is 18.1. The number of carbonyl (C=O) groups is 3. The summed E-state index contributed by atoms with van der Waals surface area (Å²) in [6.45, 7) is 8.82. The first-order valence-corrected chi connectivity index (χ1v) is 10.9. The standard InChI is InChI=1S/C19H26N6O4S2/c1-6-24(7-2)17(27)14-10(4)12(18(28)29-5)16(31-14)23-19(30)22-11-9-21-25(8-3)13(11)15(20)26/h9H,6-8H2,1-5H3,(H2,20,26)(H2,22,23,30). The predicted molar refractivity (Wildman–Crippen MR) is 124 cm³/mol. The van der Waals surface area contributed by atoms with Gasteiger partial charge in [0.05, 0.1) is 29.4 Å². The molecule has 0 aliphatic carbocycles. The van der Waals surface area contributed by atoms with E-state index in [1.807, 2.05) is 20.8 Å². The van der Waals surface area contributed by atoms with Gasteiger partial charge in [-0.2, -0.15) is 5.10 Å². The summed E-state index contributed by atoms with van der Waals surface area (Å²) in [5.41, 5.74) is 6.70. The van der Waals surface area contributed by atoms with Gasteiger partial charge in [-0.25, -0.2) is 4.79 Å². The van der Waals surface area contributed by atoms with E-state index >= 15 is 0 Å². The molecule has 0 spiro atoms. The van der Waals surface area contributed by atoms with E-state index in [-0.39, 0.29) is 22.3 Å². The molecule has 0 fully saturated rings. The monoisotopic (exact) mass is 466 g/mol. The van der Waals surface area contributed by atoms with E-state index in [4.69, 9.17) is 22.7 Å². The maximum Gasteiger partial charge on any atom is 0.341 e. The first-order valence-electron chi connectivity index (χ1n) is 9.64. The lowest BCUT2D eigenvalue weighted by Crippen LogP contribution is -2.30. The van der Waals surface area contributed by atoms with Crippen molar-refractivity contribution in [2.24, 2.45) is 5.73 Å². The number of nitrogens with one attached hydrogen (secondary N) is 2. The molecule has 0 aliphatic rings. The molecule has 0 saturated heterocycles. The van der Waals surface area contributed by atoms with E-state index in [1.165, 1.54) is 18.0 Å². The third-order valence-electron chi connectivity index (χ3n) is 4.63. The van der Waals surface area contributed by atoms with Gasteiger partial charge in [0.25, 0.3) is 11.8 Å². The predicted octanol–water partition coefficient (Wildman–Crippen LogP) is 2.45. The fourth-order valence-electron chi connectivity index (χ4n) is 3.04. The normalized spacial score (nSPS) is 10.5. The summed E-state index contributed by atoms with van der Waals surface area (Å²) < 4.78 is 6.34. The number of aryl methyl sites for hydroxylation is 1. The van der Waals surface area contributed by atoms with Crippen LogP contribution in [0.5, 0.6) is 0 Å². The highest BCUT2D eigenvalue weighted by atomic mass is 32.1. The second-order valence-corrected chi connectivity index (χ2v) is 7.82. The number of hydrogen-bond donors (Lipinski definition) is 3. The Balaban J connectivity index is 2.38. The first kappa shape index (κ1) is 24.3. The van der Waals surface area contributed by atoms with Crippen molar-refractivity contribution in [3.63, 3.8) is 0 Å². The van der Waals surface area contributed by atoms with Crippen LogP contribution in [0.4, 0.5) is 10.7 Å². The lowest BCUT2D eigenvalue weighted by molar-refractivity contribution is 0.0601. The van der Waals surface area contributed by atoms with Crippen molar-refractivity contribution in [1.29, 1.82) is 0 Å². The molecule has 0 saturated carbocycles. The number of hydrogen-bond acceptors (Lipinski definition) is 7. The van der Waals surface area contributed by atoms with Gasteiger partial charge in [0, 0.05) is 19.6 Å². The SMILES string of the molecule is CCN(CC)C(=O)c1sc(NC(=S)Nc2cnn(CC)c2C(N)=O)c(C(=O)OC)c1C. The van der Waals surface area contributed by atoms with Gasteiger partial charge in [-0.1, -0.05) is 0 Å². The van der Waals surface area contributed by atoms with Crippen molar-refractivity contribution in [1.82, 2.24) is 14.7 Å². The minimum absolute atomic E-state index is 0.103. The number of amides is 2. The number of aromatic nitrogens is 2. The molecule has 0 aliphatic heterocycles. The van der Waals surface area contributed by atoms with Crippen LogP contribution in [0.1, 0.15) is 56.9 Å². The van der Waals surface area contributed by atoms with Gasteiger partial charge >= 0.3 is 5.97 Å². The largest absolute Gasteiger partial charge is 0.465 e. The maximum atomic E-state index is 12.9. The van der Waals surface area contributed by atoms with E-state index in [0.29, 0.717) is 40.8 Å². The quantitative estimate of drug-likeness (QED) is 0.399. The Morgan fingerprint density at radius 1 is 1.26 bits per heavy atom. The second kappa shape index (κ2) is 10.4. The first-order chi connectivity index (χ1) is 14.7. The summed E-state index contributed by atoms with van der Waals surface area (Å²) >= 11 is 6.47.